The Bertz CT molecular complexity index is 407. The molecule has 2 fully saturated rings. The molecule has 1 saturated carbocycles. The summed E-state index contributed by atoms with van der Waals surface area (Å²) in [7, 11) is 0. The van der Waals surface area contributed by atoms with E-state index in [1.807, 2.05) is 6.92 Å². The minimum absolute atomic E-state index is 0.279. The number of ether oxygens (including phenoxy) is 1. The van der Waals surface area contributed by atoms with Crippen LogP contribution in [0, 0.1) is 0 Å². The number of nitrogens with one attached hydrogen (secondary N) is 1. The smallest absolute Gasteiger partial charge is 0.231 e. The third-order valence-electron chi connectivity index (χ3n) is 4.33. The molecule has 5 heteroatoms. The summed E-state index contributed by atoms with van der Waals surface area (Å²) in [4.78, 5) is 4.66. The Balaban J connectivity index is 1.79. The molecule has 3 rings (SSSR count). The van der Waals surface area contributed by atoms with Crippen LogP contribution >= 0.6 is 0 Å². The molecule has 5 nitrogen and oxygen atoms in total. The topological polar surface area (TPSA) is 60.2 Å². The average Bonchev–Trinajstić information content (AvgIpc) is 3.09. The summed E-state index contributed by atoms with van der Waals surface area (Å²) in [5.41, 5.74) is -0.279. The van der Waals surface area contributed by atoms with E-state index in [1.54, 1.807) is 0 Å². The van der Waals surface area contributed by atoms with E-state index >= 15 is 0 Å². The summed E-state index contributed by atoms with van der Waals surface area (Å²) in [6.45, 7) is 4.78. The quantitative estimate of drug-likeness (QED) is 0.905. The number of aromatic nitrogens is 2. The predicted molar refractivity (Wildman–Crippen MR) is 70.9 cm³/mol. The molecule has 0 radical (unpaired) electrons. The summed E-state index contributed by atoms with van der Waals surface area (Å²) >= 11 is 0. The zero-order valence-electron chi connectivity index (χ0n) is 11.7. The fourth-order valence-electron chi connectivity index (χ4n) is 3.30. The van der Waals surface area contributed by atoms with Gasteiger partial charge in [0.05, 0.1) is 5.92 Å². The molecule has 106 valence electrons. The van der Waals surface area contributed by atoms with E-state index in [2.05, 4.69) is 15.5 Å². The van der Waals surface area contributed by atoms with Crippen LogP contribution in [0.5, 0.6) is 0 Å². The van der Waals surface area contributed by atoms with Crippen molar-refractivity contribution >= 4 is 0 Å². The summed E-state index contributed by atoms with van der Waals surface area (Å²) in [5.74, 6) is 1.93. The van der Waals surface area contributed by atoms with Gasteiger partial charge in [-0.05, 0) is 52.0 Å². The van der Waals surface area contributed by atoms with Crippen LogP contribution < -0.4 is 5.32 Å². The van der Waals surface area contributed by atoms with Crippen molar-refractivity contribution in [3.63, 3.8) is 0 Å². The normalized spacial score (nSPS) is 26.7. The molecule has 1 aliphatic heterocycles. The molecule has 2 heterocycles. The second-order valence-corrected chi connectivity index (χ2v) is 5.63. The Labute approximate surface area is 114 Å². The van der Waals surface area contributed by atoms with Gasteiger partial charge in [-0.25, -0.2) is 0 Å². The lowest BCUT2D eigenvalue weighted by atomic mass is 9.99. The highest BCUT2D eigenvalue weighted by Crippen LogP contribution is 2.41. The van der Waals surface area contributed by atoms with Gasteiger partial charge in [0.1, 0.15) is 5.60 Å². The zero-order valence-corrected chi connectivity index (χ0v) is 11.7. The van der Waals surface area contributed by atoms with E-state index in [0.717, 1.165) is 44.1 Å². The van der Waals surface area contributed by atoms with Gasteiger partial charge in [-0.1, -0.05) is 5.16 Å². The fraction of sp³-hybridized carbons (Fsp3) is 0.857. The van der Waals surface area contributed by atoms with Crippen LogP contribution in [-0.2, 0) is 10.3 Å². The lowest BCUT2D eigenvalue weighted by Gasteiger charge is -2.24. The molecule has 1 atom stereocenters. The van der Waals surface area contributed by atoms with E-state index in [-0.39, 0.29) is 5.60 Å². The molecular weight excluding hydrogens is 242 g/mol. The third kappa shape index (κ3) is 2.54. The van der Waals surface area contributed by atoms with Crippen LogP contribution in [0.2, 0.25) is 0 Å². The first-order chi connectivity index (χ1) is 9.34. The van der Waals surface area contributed by atoms with E-state index in [1.165, 1.54) is 19.3 Å². The first kappa shape index (κ1) is 13.1. The zero-order chi connectivity index (χ0) is 13.1. The van der Waals surface area contributed by atoms with Crippen LogP contribution in [0.1, 0.15) is 63.1 Å². The molecule has 1 aromatic rings. The Kier molecular flexibility index (Phi) is 3.84. The van der Waals surface area contributed by atoms with Crippen molar-refractivity contribution < 1.29 is 9.26 Å². The molecule has 1 saturated heterocycles. The highest BCUT2D eigenvalue weighted by molar-refractivity contribution is 5.07. The maximum atomic E-state index is 5.98. The van der Waals surface area contributed by atoms with Gasteiger partial charge in [0.2, 0.25) is 11.7 Å². The summed E-state index contributed by atoms with van der Waals surface area (Å²) in [6, 6.07) is 0. The second-order valence-electron chi connectivity index (χ2n) is 5.63. The van der Waals surface area contributed by atoms with E-state index in [4.69, 9.17) is 9.26 Å². The number of hydrogen-bond donors (Lipinski definition) is 1. The van der Waals surface area contributed by atoms with Crippen LogP contribution in [-0.4, -0.2) is 29.8 Å². The largest absolute Gasteiger partial charge is 0.367 e. The van der Waals surface area contributed by atoms with Gasteiger partial charge in [0.25, 0.3) is 0 Å². The maximum absolute atomic E-state index is 5.98. The lowest BCUT2D eigenvalue weighted by Crippen LogP contribution is -2.29. The van der Waals surface area contributed by atoms with Crippen molar-refractivity contribution in [1.82, 2.24) is 15.5 Å². The van der Waals surface area contributed by atoms with Crippen molar-refractivity contribution in [3.05, 3.63) is 11.7 Å². The van der Waals surface area contributed by atoms with E-state index in [9.17, 15) is 0 Å². The summed E-state index contributed by atoms with van der Waals surface area (Å²) in [6.07, 6.45) is 6.73. The van der Waals surface area contributed by atoms with Gasteiger partial charge in [-0.3, -0.25) is 0 Å². The summed E-state index contributed by atoms with van der Waals surface area (Å²) in [5, 5.41) is 7.61. The Morgan fingerprint density at radius 1 is 1.37 bits per heavy atom. The molecule has 2 aliphatic rings. The molecule has 1 aliphatic carbocycles. The van der Waals surface area contributed by atoms with E-state index < -0.39 is 0 Å². The number of rotatable bonds is 4. The molecule has 0 aromatic carbocycles. The van der Waals surface area contributed by atoms with Gasteiger partial charge in [0, 0.05) is 13.2 Å². The first-order valence-corrected chi connectivity index (χ1v) is 7.53. The number of piperidine rings is 1. The van der Waals surface area contributed by atoms with Crippen molar-refractivity contribution in [1.29, 1.82) is 0 Å². The minimum atomic E-state index is -0.279. The van der Waals surface area contributed by atoms with Gasteiger partial charge in [-0.15, -0.1) is 0 Å². The van der Waals surface area contributed by atoms with Gasteiger partial charge in [-0.2, -0.15) is 4.98 Å². The second kappa shape index (κ2) is 5.59. The summed E-state index contributed by atoms with van der Waals surface area (Å²) < 4.78 is 11.5. The molecule has 0 amide bonds. The fourth-order valence-corrected chi connectivity index (χ4v) is 3.30. The maximum Gasteiger partial charge on any atom is 0.231 e. The molecular formula is C14H23N3O2. The van der Waals surface area contributed by atoms with Gasteiger partial charge in [0.15, 0.2) is 0 Å². The van der Waals surface area contributed by atoms with Crippen molar-refractivity contribution in [2.24, 2.45) is 0 Å². The average molecular weight is 265 g/mol. The van der Waals surface area contributed by atoms with Gasteiger partial charge < -0.3 is 14.6 Å². The van der Waals surface area contributed by atoms with Gasteiger partial charge >= 0.3 is 0 Å². The number of hydrogen-bond acceptors (Lipinski definition) is 5. The molecule has 1 aromatic heterocycles. The van der Waals surface area contributed by atoms with E-state index in [0.29, 0.717) is 12.5 Å². The van der Waals surface area contributed by atoms with Crippen molar-refractivity contribution in [2.45, 2.75) is 57.0 Å². The van der Waals surface area contributed by atoms with Crippen molar-refractivity contribution in [2.75, 3.05) is 19.7 Å². The standard InChI is InChI=1S/C14H23N3O2/c1-2-18-14(7-3-4-8-14)13-16-12(19-17-13)11-6-5-9-15-10-11/h11,15H,2-10H2,1H3. The SMILES string of the molecule is CCOC1(c2noc(C3CCCNC3)n2)CCCC1. The Morgan fingerprint density at radius 2 is 2.21 bits per heavy atom. The molecule has 0 bridgehead atoms. The highest BCUT2D eigenvalue weighted by Gasteiger charge is 2.41. The highest BCUT2D eigenvalue weighted by atomic mass is 16.5. The molecule has 19 heavy (non-hydrogen) atoms. The Hall–Kier alpha value is -0.940. The van der Waals surface area contributed by atoms with Crippen LogP contribution in [0.25, 0.3) is 0 Å². The third-order valence-corrected chi connectivity index (χ3v) is 4.33. The molecule has 1 N–H and O–H groups in total. The van der Waals surface area contributed by atoms with Crippen LogP contribution in [0.15, 0.2) is 4.52 Å². The number of nitrogens with zero attached hydrogens (tertiary/aromatic N) is 2. The van der Waals surface area contributed by atoms with Crippen LogP contribution in [0.4, 0.5) is 0 Å². The minimum Gasteiger partial charge on any atom is -0.367 e. The lowest BCUT2D eigenvalue weighted by molar-refractivity contribution is -0.0469. The Morgan fingerprint density at radius 3 is 2.89 bits per heavy atom. The van der Waals surface area contributed by atoms with Crippen LogP contribution in [0.3, 0.4) is 0 Å². The molecule has 0 spiro atoms. The predicted octanol–water partition coefficient (Wildman–Crippen LogP) is 2.34. The van der Waals surface area contributed by atoms with Crippen molar-refractivity contribution in [3.8, 4) is 0 Å². The monoisotopic (exact) mass is 265 g/mol. The first-order valence-electron chi connectivity index (χ1n) is 7.53. The molecule has 1 unspecified atom stereocenters.